The monoisotopic (exact) mass is 328 g/mol. The maximum atomic E-state index is 4.75. The molecule has 25 heavy (non-hydrogen) atoms. The van der Waals surface area contributed by atoms with Gasteiger partial charge in [0.1, 0.15) is 5.82 Å². The summed E-state index contributed by atoms with van der Waals surface area (Å²) in [7, 11) is 0. The standard InChI is InChI=1S/C21H20N4/c1-15-13-19(22-14-17-9-5-3-6-10-17)25-21(23-15)20(16(2)24-25)18-11-7-4-8-12-18/h3-13,22H,14H2,1-2H3. The number of nitrogens with zero attached hydrogens (tertiary/aromatic N) is 3. The molecule has 0 aliphatic rings. The van der Waals surface area contributed by atoms with Crippen LogP contribution in [0.2, 0.25) is 0 Å². The molecular formula is C21H20N4. The molecule has 2 aromatic carbocycles. The molecule has 0 fully saturated rings. The molecule has 124 valence electrons. The van der Waals surface area contributed by atoms with Gasteiger partial charge in [0.25, 0.3) is 0 Å². The normalized spacial score (nSPS) is 11.0. The first-order chi connectivity index (χ1) is 12.2. The van der Waals surface area contributed by atoms with Crippen LogP contribution in [-0.4, -0.2) is 14.6 Å². The van der Waals surface area contributed by atoms with Gasteiger partial charge < -0.3 is 5.32 Å². The lowest BCUT2D eigenvalue weighted by Crippen LogP contribution is -2.06. The van der Waals surface area contributed by atoms with Crippen molar-refractivity contribution in [1.29, 1.82) is 0 Å². The summed E-state index contributed by atoms with van der Waals surface area (Å²) in [5, 5.41) is 8.23. The van der Waals surface area contributed by atoms with E-state index in [4.69, 9.17) is 10.1 Å². The molecule has 4 rings (SSSR count). The fraction of sp³-hybridized carbons (Fsp3) is 0.143. The lowest BCUT2D eigenvalue weighted by atomic mass is 10.1. The van der Waals surface area contributed by atoms with E-state index < -0.39 is 0 Å². The molecule has 0 aliphatic heterocycles. The van der Waals surface area contributed by atoms with Gasteiger partial charge in [0.2, 0.25) is 0 Å². The Morgan fingerprint density at radius 3 is 2.32 bits per heavy atom. The average molecular weight is 328 g/mol. The minimum absolute atomic E-state index is 0.749. The molecule has 0 amide bonds. The quantitative estimate of drug-likeness (QED) is 0.594. The Morgan fingerprint density at radius 2 is 1.60 bits per heavy atom. The number of hydrogen-bond donors (Lipinski definition) is 1. The molecule has 1 N–H and O–H groups in total. The van der Waals surface area contributed by atoms with Crippen LogP contribution in [0.5, 0.6) is 0 Å². The number of fused-ring (bicyclic) bond motifs is 1. The van der Waals surface area contributed by atoms with Crippen LogP contribution in [0.1, 0.15) is 17.0 Å². The molecule has 0 saturated heterocycles. The third-order valence-corrected chi connectivity index (χ3v) is 4.27. The van der Waals surface area contributed by atoms with Gasteiger partial charge in [0, 0.05) is 23.9 Å². The molecular weight excluding hydrogens is 308 g/mol. The molecule has 0 radical (unpaired) electrons. The maximum absolute atomic E-state index is 4.75. The summed E-state index contributed by atoms with van der Waals surface area (Å²) in [4.78, 5) is 4.75. The van der Waals surface area contributed by atoms with Gasteiger partial charge in [-0.3, -0.25) is 0 Å². The highest BCUT2D eigenvalue weighted by Gasteiger charge is 2.15. The van der Waals surface area contributed by atoms with Crippen molar-refractivity contribution in [3.05, 3.63) is 83.7 Å². The van der Waals surface area contributed by atoms with Crippen molar-refractivity contribution in [1.82, 2.24) is 14.6 Å². The number of nitrogens with one attached hydrogen (secondary N) is 1. The second-order valence-corrected chi connectivity index (χ2v) is 6.18. The molecule has 2 heterocycles. The van der Waals surface area contributed by atoms with Gasteiger partial charge in [-0.15, -0.1) is 0 Å². The van der Waals surface area contributed by atoms with Crippen molar-refractivity contribution in [3.63, 3.8) is 0 Å². The van der Waals surface area contributed by atoms with Crippen LogP contribution < -0.4 is 5.32 Å². The molecule has 0 atom stereocenters. The van der Waals surface area contributed by atoms with E-state index in [1.165, 1.54) is 5.56 Å². The summed E-state index contributed by atoms with van der Waals surface area (Å²) in [5.41, 5.74) is 6.30. The zero-order valence-electron chi connectivity index (χ0n) is 14.4. The third-order valence-electron chi connectivity index (χ3n) is 4.27. The molecule has 2 aromatic heterocycles. The van der Waals surface area contributed by atoms with Crippen molar-refractivity contribution < 1.29 is 0 Å². The van der Waals surface area contributed by atoms with Crippen LogP contribution >= 0.6 is 0 Å². The van der Waals surface area contributed by atoms with Crippen LogP contribution in [0.25, 0.3) is 16.8 Å². The van der Waals surface area contributed by atoms with E-state index in [2.05, 4.69) is 41.7 Å². The zero-order valence-corrected chi connectivity index (χ0v) is 14.4. The van der Waals surface area contributed by atoms with Gasteiger partial charge in [-0.1, -0.05) is 60.7 Å². The van der Waals surface area contributed by atoms with E-state index in [0.717, 1.165) is 40.5 Å². The Bertz CT molecular complexity index is 1000. The molecule has 0 bridgehead atoms. The predicted molar refractivity (Wildman–Crippen MR) is 102 cm³/mol. The van der Waals surface area contributed by atoms with Gasteiger partial charge in [-0.05, 0) is 25.0 Å². The smallest absolute Gasteiger partial charge is 0.165 e. The molecule has 0 spiro atoms. The second kappa shape index (κ2) is 6.40. The number of aromatic nitrogens is 3. The SMILES string of the molecule is Cc1cc(NCc2ccccc2)n2nc(C)c(-c3ccccc3)c2n1. The van der Waals surface area contributed by atoms with Crippen molar-refractivity contribution in [2.75, 3.05) is 5.32 Å². The van der Waals surface area contributed by atoms with Gasteiger partial charge in [-0.2, -0.15) is 9.61 Å². The Morgan fingerprint density at radius 1 is 0.920 bits per heavy atom. The minimum Gasteiger partial charge on any atom is -0.366 e. The molecule has 4 heteroatoms. The Hall–Kier alpha value is -3.14. The van der Waals surface area contributed by atoms with Crippen LogP contribution in [0, 0.1) is 13.8 Å². The van der Waals surface area contributed by atoms with Crippen LogP contribution in [-0.2, 0) is 6.54 Å². The molecule has 4 nitrogen and oxygen atoms in total. The molecule has 0 unspecified atom stereocenters. The Labute approximate surface area is 147 Å². The van der Waals surface area contributed by atoms with E-state index in [1.807, 2.05) is 48.7 Å². The fourth-order valence-corrected chi connectivity index (χ4v) is 3.10. The first kappa shape index (κ1) is 15.4. The summed E-state index contributed by atoms with van der Waals surface area (Å²) in [5.74, 6) is 0.955. The van der Waals surface area contributed by atoms with Gasteiger partial charge in [0.05, 0.1) is 5.69 Å². The number of benzene rings is 2. The van der Waals surface area contributed by atoms with Crippen molar-refractivity contribution in [3.8, 4) is 11.1 Å². The summed E-state index contributed by atoms with van der Waals surface area (Å²) in [6, 6.07) is 22.7. The third kappa shape index (κ3) is 2.98. The van der Waals surface area contributed by atoms with E-state index in [0.29, 0.717) is 0 Å². The summed E-state index contributed by atoms with van der Waals surface area (Å²) < 4.78 is 1.91. The predicted octanol–water partition coefficient (Wildman–Crippen LogP) is 4.63. The van der Waals surface area contributed by atoms with E-state index in [-0.39, 0.29) is 0 Å². The van der Waals surface area contributed by atoms with Crippen molar-refractivity contribution in [2.24, 2.45) is 0 Å². The number of rotatable bonds is 4. The zero-order chi connectivity index (χ0) is 17.2. The van der Waals surface area contributed by atoms with Crippen molar-refractivity contribution in [2.45, 2.75) is 20.4 Å². The second-order valence-electron chi connectivity index (χ2n) is 6.18. The summed E-state index contributed by atoms with van der Waals surface area (Å²) in [6.45, 7) is 4.80. The fourth-order valence-electron chi connectivity index (χ4n) is 3.10. The highest BCUT2D eigenvalue weighted by Crippen LogP contribution is 2.29. The van der Waals surface area contributed by atoms with E-state index in [1.54, 1.807) is 0 Å². The largest absolute Gasteiger partial charge is 0.366 e. The van der Waals surface area contributed by atoms with Crippen molar-refractivity contribution >= 4 is 11.5 Å². The molecule has 0 saturated carbocycles. The Balaban J connectivity index is 1.78. The summed E-state index contributed by atoms with van der Waals surface area (Å²) >= 11 is 0. The highest BCUT2D eigenvalue weighted by atomic mass is 15.3. The van der Waals surface area contributed by atoms with Gasteiger partial charge in [0.15, 0.2) is 5.65 Å². The topological polar surface area (TPSA) is 42.2 Å². The highest BCUT2D eigenvalue weighted by molar-refractivity contribution is 5.80. The van der Waals surface area contributed by atoms with Crippen LogP contribution in [0.3, 0.4) is 0 Å². The van der Waals surface area contributed by atoms with Crippen LogP contribution in [0.15, 0.2) is 66.7 Å². The maximum Gasteiger partial charge on any atom is 0.165 e. The minimum atomic E-state index is 0.749. The van der Waals surface area contributed by atoms with E-state index >= 15 is 0 Å². The van der Waals surface area contributed by atoms with Crippen LogP contribution in [0.4, 0.5) is 5.82 Å². The number of aryl methyl sites for hydroxylation is 2. The number of anilines is 1. The molecule has 0 aliphatic carbocycles. The lowest BCUT2D eigenvalue weighted by Gasteiger charge is -2.10. The number of hydrogen-bond acceptors (Lipinski definition) is 3. The molecule has 4 aromatic rings. The van der Waals surface area contributed by atoms with Gasteiger partial charge in [-0.25, -0.2) is 4.98 Å². The van der Waals surface area contributed by atoms with Gasteiger partial charge >= 0.3 is 0 Å². The Kier molecular flexibility index (Phi) is 3.94. The summed E-state index contributed by atoms with van der Waals surface area (Å²) in [6.07, 6.45) is 0. The average Bonchev–Trinajstić information content (AvgIpc) is 2.97. The lowest BCUT2D eigenvalue weighted by molar-refractivity contribution is 0.900. The first-order valence-electron chi connectivity index (χ1n) is 8.42. The van der Waals surface area contributed by atoms with E-state index in [9.17, 15) is 0 Å². The first-order valence-corrected chi connectivity index (χ1v) is 8.42.